The molecule has 4 rings (SSSR count). The molecule has 7 nitrogen and oxygen atoms in total. The van der Waals surface area contributed by atoms with E-state index in [1.807, 2.05) is 36.4 Å². The third-order valence-electron chi connectivity index (χ3n) is 5.01. The van der Waals surface area contributed by atoms with Gasteiger partial charge in [-0.25, -0.2) is 9.97 Å². The second-order valence-corrected chi connectivity index (χ2v) is 6.79. The monoisotopic (exact) mass is 375 g/mol. The maximum atomic E-state index is 12.9. The van der Waals surface area contributed by atoms with Crippen LogP contribution in [-0.4, -0.2) is 52.0 Å². The zero-order valence-electron chi connectivity index (χ0n) is 15.5. The summed E-state index contributed by atoms with van der Waals surface area (Å²) in [7, 11) is 1.64. The molecule has 1 amide bonds. The van der Waals surface area contributed by atoms with Crippen molar-refractivity contribution in [1.29, 1.82) is 0 Å². The highest BCUT2D eigenvalue weighted by atomic mass is 16.5. The minimum absolute atomic E-state index is 0.0658. The number of carbonyl (C=O) groups excluding carboxylic acids is 1. The molecule has 142 valence electrons. The molecular formula is C21H21N5O2. The van der Waals surface area contributed by atoms with Gasteiger partial charge in [0.2, 0.25) is 0 Å². The van der Waals surface area contributed by atoms with Crippen LogP contribution in [-0.2, 0) is 0 Å². The van der Waals surface area contributed by atoms with Gasteiger partial charge >= 0.3 is 0 Å². The predicted molar refractivity (Wildman–Crippen MR) is 105 cm³/mol. The van der Waals surface area contributed by atoms with Crippen molar-refractivity contribution < 1.29 is 9.53 Å². The maximum Gasteiger partial charge on any atom is 0.257 e. The van der Waals surface area contributed by atoms with Gasteiger partial charge in [-0.05, 0) is 29.8 Å². The van der Waals surface area contributed by atoms with E-state index in [9.17, 15) is 4.79 Å². The number of likely N-dealkylation sites (tertiary alicyclic amines) is 1. The van der Waals surface area contributed by atoms with Crippen molar-refractivity contribution >= 4 is 5.91 Å². The SMILES string of the molecule is COc1cccc([C@H]2CN(C(=O)c3cnc(-c4ccncc4)nc3)C[C@@H]2N)c1. The first kappa shape index (κ1) is 18.1. The number of amides is 1. The van der Waals surface area contributed by atoms with Crippen molar-refractivity contribution in [2.75, 3.05) is 20.2 Å². The number of hydrogen-bond acceptors (Lipinski definition) is 6. The molecular weight excluding hydrogens is 354 g/mol. The standard InChI is InChI=1S/C21H21N5O2/c1-28-17-4-2-3-15(9-17)18-12-26(13-19(18)22)21(27)16-10-24-20(25-11-16)14-5-7-23-8-6-14/h2-11,18-19H,12-13,22H2,1H3/t18-,19+/m1/s1. The highest BCUT2D eigenvalue weighted by Crippen LogP contribution is 2.29. The van der Waals surface area contributed by atoms with Crippen LogP contribution >= 0.6 is 0 Å². The molecule has 3 heterocycles. The summed E-state index contributed by atoms with van der Waals surface area (Å²) >= 11 is 0. The van der Waals surface area contributed by atoms with Crippen LogP contribution in [0.3, 0.4) is 0 Å². The molecule has 1 fully saturated rings. The summed E-state index contributed by atoms with van der Waals surface area (Å²) in [6.07, 6.45) is 6.50. The molecule has 1 aromatic carbocycles. The number of carbonyl (C=O) groups is 1. The second kappa shape index (κ2) is 7.74. The molecule has 3 aromatic rings. The number of benzene rings is 1. The van der Waals surface area contributed by atoms with Crippen LogP contribution in [0, 0.1) is 0 Å². The molecule has 1 aliphatic rings. The van der Waals surface area contributed by atoms with E-state index in [0.29, 0.717) is 24.5 Å². The van der Waals surface area contributed by atoms with Crippen molar-refractivity contribution in [3.8, 4) is 17.1 Å². The predicted octanol–water partition coefficient (Wildman–Crippen LogP) is 2.11. The molecule has 7 heteroatoms. The van der Waals surface area contributed by atoms with Crippen molar-refractivity contribution in [3.05, 3.63) is 72.3 Å². The summed E-state index contributed by atoms with van der Waals surface area (Å²) in [6.45, 7) is 1.05. The van der Waals surface area contributed by atoms with Gasteiger partial charge in [0.1, 0.15) is 5.75 Å². The van der Waals surface area contributed by atoms with Crippen LogP contribution in [0.4, 0.5) is 0 Å². The van der Waals surface area contributed by atoms with Crippen LogP contribution in [0.5, 0.6) is 5.75 Å². The molecule has 2 aromatic heterocycles. The second-order valence-electron chi connectivity index (χ2n) is 6.79. The molecule has 2 atom stereocenters. The Balaban J connectivity index is 1.49. The average molecular weight is 375 g/mol. The van der Waals surface area contributed by atoms with Gasteiger partial charge in [-0.15, -0.1) is 0 Å². The van der Waals surface area contributed by atoms with Gasteiger partial charge in [-0.3, -0.25) is 9.78 Å². The van der Waals surface area contributed by atoms with Crippen molar-refractivity contribution in [3.63, 3.8) is 0 Å². The highest BCUT2D eigenvalue weighted by molar-refractivity contribution is 5.94. The fourth-order valence-electron chi connectivity index (χ4n) is 3.49. The van der Waals surface area contributed by atoms with Gasteiger partial charge < -0.3 is 15.4 Å². The quantitative estimate of drug-likeness (QED) is 0.751. The normalized spacial score (nSPS) is 18.9. The summed E-state index contributed by atoms with van der Waals surface area (Å²) in [4.78, 5) is 27.3. The van der Waals surface area contributed by atoms with E-state index in [0.717, 1.165) is 16.9 Å². The van der Waals surface area contributed by atoms with Gasteiger partial charge in [0.15, 0.2) is 5.82 Å². The zero-order valence-corrected chi connectivity index (χ0v) is 15.5. The van der Waals surface area contributed by atoms with Gasteiger partial charge in [0, 0.05) is 55.4 Å². The first-order valence-corrected chi connectivity index (χ1v) is 9.07. The van der Waals surface area contributed by atoms with E-state index in [1.165, 1.54) is 0 Å². The zero-order chi connectivity index (χ0) is 19.5. The van der Waals surface area contributed by atoms with Crippen molar-refractivity contribution in [1.82, 2.24) is 19.9 Å². The lowest BCUT2D eigenvalue weighted by molar-refractivity contribution is 0.0788. The molecule has 2 N–H and O–H groups in total. The van der Waals surface area contributed by atoms with E-state index in [-0.39, 0.29) is 17.9 Å². The van der Waals surface area contributed by atoms with E-state index in [1.54, 1.807) is 36.8 Å². The largest absolute Gasteiger partial charge is 0.497 e. The topological polar surface area (TPSA) is 94.2 Å². The number of rotatable bonds is 4. The van der Waals surface area contributed by atoms with Gasteiger partial charge in [0.05, 0.1) is 12.7 Å². The molecule has 0 unspecified atom stereocenters. The van der Waals surface area contributed by atoms with Crippen LogP contribution in [0.15, 0.2) is 61.2 Å². The third-order valence-corrected chi connectivity index (χ3v) is 5.01. The third kappa shape index (κ3) is 3.57. The molecule has 28 heavy (non-hydrogen) atoms. The van der Waals surface area contributed by atoms with E-state index in [4.69, 9.17) is 10.5 Å². The number of nitrogens with zero attached hydrogens (tertiary/aromatic N) is 4. The molecule has 0 radical (unpaired) electrons. The summed E-state index contributed by atoms with van der Waals surface area (Å²) in [5, 5.41) is 0. The lowest BCUT2D eigenvalue weighted by Crippen LogP contribution is -2.32. The number of methoxy groups -OCH3 is 1. The lowest BCUT2D eigenvalue weighted by Gasteiger charge is -2.17. The molecule has 0 spiro atoms. The Labute approximate surface area is 163 Å². The van der Waals surface area contributed by atoms with Crippen molar-refractivity contribution in [2.24, 2.45) is 5.73 Å². The molecule has 0 aliphatic carbocycles. The van der Waals surface area contributed by atoms with E-state index >= 15 is 0 Å². The minimum atomic E-state index is -0.131. The van der Waals surface area contributed by atoms with Gasteiger partial charge in [-0.1, -0.05) is 12.1 Å². The Morgan fingerprint density at radius 2 is 1.89 bits per heavy atom. The fourth-order valence-corrected chi connectivity index (χ4v) is 3.49. The maximum absolute atomic E-state index is 12.9. The van der Waals surface area contributed by atoms with Crippen LogP contribution in [0.25, 0.3) is 11.4 Å². The van der Waals surface area contributed by atoms with Gasteiger partial charge in [0.25, 0.3) is 5.91 Å². The Morgan fingerprint density at radius 1 is 1.14 bits per heavy atom. The van der Waals surface area contributed by atoms with Crippen LogP contribution in [0.1, 0.15) is 21.8 Å². The number of hydrogen-bond donors (Lipinski definition) is 1. The van der Waals surface area contributed by atoms with Crippen molar-refractivity contribution in [2.45, 2.75) is 12.0 Å². The molecule has 0 saturated carbocycles. The van der Waals surface area contributed by atoms with Crippen LogP contribution < -0.4 is 10.5 Å². The molecule has 0 bridgehead atoms. The summed E-state index contributed by atoms with van der Waals surface area (Å²) < 4.78 is 5.30. The summed E-state index contributed by atoms with van der Waals surface area (Å²) in [6, 6.07) is 11.4. The Kier molecular flexibility index (Phi) is 4.99. The fraction of sp³-hybridized carbons (Fsp3) is 0.238. The Morgan fingerprint density at radius 3 is 2.61 bits per heavy atom. The summed E-state index contributed by atoms with van der Waals surface area (Å²) in [5.74, 6) is 1.30. The number of nitrogens with two attached hydrogens (primary N) is 1. The minimum Gasteiger partial charge on any atom is -0.497 e. The van der Waals surface area contributed by atoms with Gasteiger partial charge in [-0.2, -0.15) is 0 Å². The summed E-state index contributed by atoms with van der Waals surface area (Å²) in [5.41, 5.74) is 8.72. The van der Waals surface area contributed by atoms with E-state index < -0.39 is 0 Å². The van der Waals surface area contributed by atoms with Crippen LogP contribution in [0.2, 0.25) is 0 Å². The molecule has 1 saturated heterocycles. The Hall–Kier alpha value is -3.32. The number of pyridine rings is 1. The van der Waals surface area contributed by atoms with E-state index in [2.05, 4.69) is 15.0 Å². The Bertz CT molecular complexity index is 962. The lowest BCUT2D eigenvalue weighted by atomic mass is 9.95. The number of ether oxygens (including phenoxy) is 1. The molecule has 1 aliphatic heterocycles. The smallest absolute Gasteiger partial charge is 0.257 e. The highest BCUT2D eigenvalue weighted by Gasteiger charge is 2.34. The first-order chi connectivity index (χ1) is 13.7. The average Bonchev–Trinajstić information content (AvgIpc) is 3.15. The number of aromatic nitrogens is 3. The first-order valence-electron chi connectivity index (χ1n) is 9.07.